The number of nitrogens with two attached hydrogens (primary N) is 1. The summed E-state index contributed by atoms with van der Waals surface area (Å²) in [6, 6.07) is 11.7. The lowest BCUT2D eigenvalue weighted by molar-refractivity contribution is 0.625. The molecule has 2 nitrogen and oxygen atoms in total. The fraction of sp³-hybridized carbons (Fsp3) is 0.200. The molecule has 2 N–H and O–H groups in total. The van der Waals surface area contributed by atoms with E-state index in [4.69, 9.17) is 17.3 Å². The Morgan fingerprint density at radius 1 is 1.05 bits per heavy atom. The second kappa shape index (κ2) is 6.97. The van der Waals surface area contributed by atoms with Crippen LogP contribution in [0.3, 0.4) is 0 Å². The molecule has 1 atom stereocenters. The molecule has 1 unspecified atom stereocenters. The van der Waals surface area contributed by atoms with Gasteiger partial charge in [-0.05, 0) is 34.9 Å². The van der Waals surface area contributed by atoms with Gasteiger partial charge in [-0.3, -0.25) is 4.21 Å². The Morgan fingerprint density at radius 3 is 2.45 bits per heavy atom. The predicted octanol–water partition coefficient (Wildman–Crippen LogP) is 3.39. The number of rotatable bonds is 5. The minimum Gasteiger partial charge on any atom is -0.326 e. The maximum atomic E-state index is 13.3. The van der Waals surface area contributed by atoms with Crippen molar-refractivity contribution in [3.8, 4) is 0 Å². The Hall–Kier alpha value is -1.23. The molecule has 0 spiro atoms. The van der Waals surface area contributed by atoms with Gasteiger partial charge in [0, 0.05) is 28.1 Å². The topological polar surface area (TPSA) is 43.1 Å². The van der Waals surface area contributed by atoms with Crippen LogP contribution in [0, 0.1) is 5.82 Å². The Balaban J connectivity index is 2.12. The monoisotopic (exact) mass is 311 g/mol. The van der Waals surface area contributed by atoms with Gasteiger partial charge in [0.2, 0.25) is 0 Å². The number of hydrogen-bond acceptors (Lipinski definition) is 2. The standard InChI is InChI=1S/C15H15ClFNOS/c16-15-4-2-1-3-12(15)9-20(19)10-13-7-14(17)6-5-11(13)8-18/h1-7H,8-10,18H2. The van der Waals surface area contributed by atoms with Crippen molar-refractivity contribution < 1.29 is 8.60 Å². The quantitative estimate of drug-likeness (QED) is 0.920. The Bertz CT molecular complexity index is 633. The molecule has 0 saturated heterocycles. The van der Waals surface area contributed by atoms with Gasteiger partial charge in [-0.1, -0.05) is 35.9 Å². The molecule has 20 heavy (non-hydrogen) atoms. The summed E-state index contributed by atoms with van der Waals surface area (Å²) >= 11 is 6.04. The van der Waals surface area contributed by atoms with Crippen LogP contribution in [-0.4, -0.2) is 4.21 Å². The highest BCUT2D eigenvalue weighted by Gasteiger charge is 2.10. The first kappa shape index (κ1) is 15.2. The molecule has 2 rings (SSSR count). The van der Waals surface area contributed by atoms with Gasteiger partial charge in [-0.15, -0.1) is 0 Å². The molecule has 0 radical (unpaired) electrons. The summed E-state index contributed by atoms with van der Waals surface area (Å²) < 4.78 is 25.5. The molecular weight excluding hydrogens is 297 g/mol. The molecule has 0 bridgehead atoms. The zero-order chi connectivity index (χ0) is 14.5. The Morgan fingerprint density at radius 2 is 1.75 bits per heavy atom. The molecule has 2 aromatic rings. The zero-order valence-corrected chi connectivity index (χ0v) is 12.4. The van der Waals surface area contributed by atoms with E-state index in [9.17, 15) is 8.60 Å². The molecule has 0 fully saturated rings. The van der Waals surface area contributed by atoms with Crippen LogP contribution in [0.5, 0.6) is 0 Å². The van der Waals surface area contributed by atoms with E-state index in [2.05, 4.69) is 0 Å². The molecule has 2 aromatic carbocycles. The summed E-state index contributed by atoms with van der Waals surface area (Å²) in [6.07, 6.45) is 0. The van der Waals surface area contributed by atoms with E-state index in [-0.39, 0.29) is 11.6 Å². The van der Waals surface area contributed by atoms with E-state index >= 15 is 0 Å². The van der Waals surface area contributed by atoms with Gasteiger partial charge in [0.1, 0.15) is 5.82 Å². The van der Waals surface area contributed by atoms with Gasteiger partial charge in [0.05, 0.1) is 5.75 Å². The molecule has 0 heterocycles. The van der Waals surface area contributed by atoms with Gasteiger partial charge in [-0.2, -0.15) is 0 Å². The van der Waals surface area contributed by atoms with E-state index < -0.39 is 10.8 Å². The minimum absolute atomic E-state index is 0.273. The van der Waals surface area contributed by atoms with Crippen molar-refractivity contribution in [1.29, 1.82) is 0 Å². The molecule has 0 aliphatic rings. The van der Waals surface area contributed by atoms with Gasteiger partial charge >= 0.3 is 0 Å². The van der Waals surface area contributed by atoms with Crippen LogP contribution in [0.2, 0.25) is 5.02 Å². The van der Waals surface area contributed by atoms with Gasteiger partial charge in [0.25, 0.3) is 0 Å². The van der Waals surface area contributed by atoms with Crippen molar-refractivity contribution in [2.24, 2.45) is 5.73 Å². The molecule has 106 valence electrons. The third kappa shape index (κ3) is 3.88. The van der Waals surface area contributed by atoms with Crippen LogP contribution < -0.4 is 5.73 Å². The second-order valence-electron chi connectivity index (χ2n) is 4.44. The smallest absolute Gasteiger partial charge is 0.123 e. The van der Waals surface area contributed by atoms with E-state index in [0.717, 1.165) is 11.1 Å². The molecule has 0 amide bonds. The summed E-state index contributed by atoms with van der Waals surface area (Å²) in [5, 5.41) is 0.596. The molecular formula is C15H15ClFNOS. The van der Waals surface area contributed by atoms with Gasteiger partial charge in [0.15, 0.2) is 0 Å². The van der Waals surface area contributed by atoms with Crippen LogP contribution in [0.4, 0.5) is 4.39 Å². The summed E-state index contributed by atoms with van der Waals surface area (Å²) in [5.41, 5.74) is 7.95. The lowest BCUT2D eigenvalue weighted by Crippen LogP contribution is -2.06. The van der Waals surface area contributed by atoms with Crippen LogP contribution in [-0.2, 0) is 28.9 Å². The van der Waals surface area contributed by atoms with Crippen LogP contribution >= 0.6 is 11.6 Å². The average Bonchev–Trinajstić information content (AvgIpc) is 2.41. The Labute approximate surface area is 125 Å². The average molecular weight is 312 g/mol. The number of halogens is 2. The van der Waals surface area contributed by atoms with Crippen LogP contribution in [0.15, 0.2) is 42.5 Å². The fourth-order valence-corrected chi connectivity index (χ4v) is 3.54. The van der Waals surface area contributed by atoms with Crippen molar-refractivity contribution in [1.82, 2.24) is 0 Å². The maximum Gasteiger partial charge on any atom is 0.123 e. The molecule has 0 aromatic heterocycles. The van der Waals surface area contributed by atoms with Crippen LogP contribution in [0.1, 0.15) is 16.7 Å². The summed E-state index contributed by atoms with van der Waals surface area (Å²) in [7, 11) is -1.16. The third-order valence-corrected chi connectivity index (χ3v) is 4.61. The zero-order valence-electron chi connectivity index (χ0n) is 10.8. The highest BCUT2D eigenvalue weighted by Crippen LogP contribution is 2.19. The molecule has 5 heteroatoms. The van der Waals surface area contributed by atoms with Crippen molar-refractivity contribution in [3.05, 3.63) is 70.0 Å². The number of benzene rings is 2. The van der Waals surface area contributed by atoms with Crippen molar-refractivity contribution in [2.75, 3.05) is 0 Å². The first-order chi connectivity index (χ1) is 9.60. The largest absolute Gasteiger partial charge is 0.326 e. The normalized spacial score (nSPS) is 12.3. The molecule has 0 aliphatic carbocycles. The summed E-state index contributed by atoms with van der Waals surface area (Å²) in [5.74, 6) is 0.280. The van der Waals surface area contributed by atoms with Crippen molar-refractivity contribution in [2.45, 2.75) is 18.1 Å². The predicted molar refractivity (Wildman–Crippen MR) is 81.3 cm³/mol. The lowest BCUT2D eigenvalue weighted by Gasteiger charge is -2.09. The van der Waals surface area contributed by atoms with E-state index in [1.807, 2.05) is 18.2 Å². The van der Waals surface area contributed by atoms with Gasteiger partial charge in [-0.25, -0.2) is 4.39 Å². The summed E-state index contributed by atoms with van der Waals surface area (Å²) in [4.78, 5) is 0. The van der Waals surface area contributed by atoms with E-state index in [1.165, 1.54) is 12.1 Å². The Kier molecular flexibility index (Phi) is 5.29. The van der Waals surface area contributed by atoms with Gasteiger partial charge < -0.3 is 5.73 Å². The molecule has 0 aliphatic heterocycles. The fourth-order valence-electron chi connectivity index (χ4n) is 1.94. The second-order valence-corrected chi connectivity index (χ2v) is 6.30. The third-order valence-electron chi connectivity index (χ3n) is 2.98. The minimum atomic E-state index is -1.16. The van der Waals surface area contributed by atoms with E-state index in [0.29, 0.717) is 22.9 Å². The summed E-state index contributed by atoms with van der Waals surface area (Å²) in [6.45, 7) is 0.304. The molecule has 0 saturated carbocycles. The SMILES string of the molecule is NCc1ccc(F)cc1CS(=O)Cc1ccccc1Cl. The van der Waals surface area contributed by atoms with Crippen molar-refractivity contribution >= 4 is 22.4 Å². The highest BCUT2D eigenvalue weighted by molar-refractivity contribution is 7.83. The number of hydrogen-bond donors (Lipinski definition) is 1. The van der Waals surface area contributed by atoms with E-state index in [1.54, 1.807) is 12.1 Å². The lowest BCUT2D eigenvalue weighted by atomic mass is 10.1. The first-order valence-electron chi connectivity index (χ1n) is 6.16. The van der Waals surface area contributed by atoms with Crippen LogP contribution in [0.25, 0.3) is 0 Å². The highest BCUT2D eigenvalue weighted by atomic mass is 35.5. The first-order valence-corrected chi connectivity index (χ1v) is 8.02. The maximum absolute atomic E-state index is 13.3. The van der Waals surface area contributed by atoms with Crippen molar-refractivity contribution in [3.63, 3.8) is 0 Å².